The van der Waals surface area contributed by atoms with Crippen LogP contribution in [0.15, 0.2) is 60.7 Å². The predicted molar refractivity (Wildman–Crippen MR) is 107 cm³/mol. The maximum atomic E-state index is 13.4. The second kappa shape index (κ2) is 9.79. The summed E-state index contributed by atoms with van der Waals surface area (Å²) in [5.74, 6) is -1.11. The molecule has 0 saturated carbocycles. The number of carbonyl (C=O) groups is 1. The molecule has 8 heteroatoms. The van der Waals surface area contributed by atoms with Gasteiger partial charge in [-0.1, -0.05) is 74.5 Å². The van der Waals surface area contributed by atoms with E-state index in [2.05, 4.69) is 0 Å². The molecule has 0 aliphatic heterocycles. The van der Waals surface area contributed by atoms with Crippen molar-refractivity contribution in [1.29, 1.82) is 0 Å². The highest BCUT2D eigenvalue weighted by Gasteiger charge is 2.39. The fourth-order valence-corrected chi connectivity index (χ4v) is 4.63. The molecule has 28 heavy (non-hydrogen) atoms. The standard InChI is InChI=1S/C20H27N3O4S/c1-16(2)19(20(24)21-25)23(15-18-12-8-5-9-13-18)28(26,27)22(3)14-17-10-6-4-7-11-17/h4-13,16,19,25H,14-15H2,1-3H3,(H,21,24). The Morgan fingerprint density at radius 1 is 0.964 bits per heavy atom. The van der Waals surface area contributed by atoms with Gasteiger partial charge in [0.15, 0.2) is 0 Å². The Bertz CT molecular complexity index is 858. The third kappa shape index (κ3) is 5.39. The SMILES string of the molecule is CC(C)C(C(=O)NO)N(Cc1ccccc1)S(=O)(=O)N(C)Cc1ccccc1. The van der Waals surface area contributed by atoms with Crippen molar-refractivity contribution >= 4 is 16.1 Å². The molecule has 0 heterocycles. The Hall–Kier alpha value is -2.26. The Balaban J connectivity index is 2.41. The number of rotatable bonds is 9. The average Bonchev–Trinajstić information content (AvgIpc) is 2.68. The molecule has 2 N–H and O–H groups in total. The molecule has 0 aromatic heterocycles. The molecule has 152 valence electrons. The second-order valence-corrected chi connectivity index (χ2v) is 8.93. The minimum absolute atomic E-state index is 0.0125. The van der Waals surface area contributed by atoms with E-state index in [9.17, 15) is 18.4 Å². The largest absolute Gasteiger partial charge is 0.289 e. The first-order valence-electron chi connectivity index (χ1n) is 9.02. The van der Waals surface area contributed by atoms with Crippen molar-refractivity contribution in [2.45, 2.75) is 33.0 Å². The maximum Gasteiger partial charge on any atom is 0.283 e. The van der Waals surface area contributed by atoms with Gasteiger partial charge >= 0.3 is 0 Å². The molecule has 0 radical (unpaired) electrons. The van der Waals surface area contributed by atoms with E-state index in [0.29, 0.717) is 0 Å². The zero-order valence-corrected chi connectivity index (χ0v) is 17.1. The Kier molecular flexibility index (Phi) is 7.70. The van der Waals surface area contributed by atoms with E-state index >= 15 is 0 Å². The first-order valence-corrected chi connectivity index (χ1v) is 10.4. The molecule has 7 nitrogen and oxygen atoms in total. The van der Waals surface area contributed by atoms with Crippen molar-refractivity contribution in [2.24, 2.45) is 5.92 Å². The highest BCUT2D eigenvalue weighted by atomic mass is 32.2. The molecular formula is C20H27N3O4S. The van der Waals surface area contributed by atoms with Gasteiger partial charge in [-0.25, -0.2) is 5.48 Å². The van der Waals surface area contributed by atoms with Crippen LogP contribution in [0.2, 0.25) is 0 Å². The van der Waals surface area contributed by atoms with E-state index in [1.807, 2.05) is 48.5 Å². The highest BCUT2D eigenvalue weighted by Crippen LogP contribution is 2.22. The molecular weight excluding hydrogens is 378 g/mol. The van der Waals surface area contributed by atoms with Crippen molar-refractivity contribution in [1.82, 2.24) is 14.1 Å². The van der Waals surface area contributed by atoms with Crippen LogP contribution < -0.4 is 5.48 Å². The zero-order chi connectivity index (χ0) is 20.7. The van der Waals surface area contributed by atoms with Gasteiger partial charge < -0.3 is 0 Å². The fourth-order valence-electron chi connectivity index (χ4n) is 3.02. The number of hydrogen-bond donors (Lipinski definition) is 2. The summed E-state index contributed by atoms with van der Waals surface area (Å²) in [6, 6.07) is 17.2. The van der Waals surface area contributed by atoms with Gasteiger partial charge in [0.1, 0.15) is 6.04 Å². The zero-order valence-electron chi connectivity index (χ0n) is 16.3. The summed E-state index contributed by atoms with van der Waals surface area (Å²) in [4.78, 5) is 12.3. The first-order chi connectivity index (χ1) is 13.3. The van der Waals surface area contributed by atoms with Gasteiger partial charge in [-0.2, -0.15) is 17.0 Å². The number of hydrogen-bond acceptors (Lipinski definition) is 4. The van der Waals surface area contributed by atoms with Crippen LogP contribution in [0.25, 0.3) is 0 Å². The number of hydroxylamine groups is 1. The van der Waals surface area contributed by atoms with Crippen molar-refractivity contribution in [2.75, 3.05) is 7.05 Å². The van der Waals surface area contributed by atoms with Crippen LogP contribution >= 0.6 is 0 Å². The summed E-state index contributed by atoms with van der Waals surface area (Å²) in [5, 5.41) is 9.17. The lowest BCUT2D eigenvalue weighted by molar-refractivity contribution is -0.134. The van der Waals surface area contributed by atoms with Crippen LogP contribution in [0.3, 0.4) is 0 Å². The lowest BCUT2D eigenvalue weighted by Gasteiger charge is -2.34. The highest BCUT2D eigenvalue weighted by molar-refractivity contribution is 7.86. The van der Waals surface area contributed by atoms with Crippen LogP contribution in [0, 0.1) is 5.92 Å². The summed E-state index contributed by atoms with van der Waals surface area (Å²) in [5.41, 5.74) is 3.19. The Labute approximate surface area is 166 Å². The summed E-state index contributed by atoms with van der Waals surface area (Å²) in [7, 11) is -2.52. The third-order valence-corrected chi connectivity index (χ3v) is 6.31. The summed E-state index contributed by atoms with van der Waals surface area (Å²) < 4.78 is 29.1. The molecule has 0 fully saturated rings. The normalized spacial score (nSPS) is 13.1. The van der Waals surface area contributed by atoms with Crippen molar-refractivity contribution in [3.63, 3.8) is 0 Å². The average molecular weight is 406 g/mol. The number of amides is 1. The van der Waals surface area contributed by atoms with Gasteiger partial charge in [-0.3, -0.25) is 10.0 Å². The topological polar surface area (TPSA) is 90.0 Å². The molecule has 0 aliphatic carbocycles. The minimum Gasteiger partial charge on any atom is -0.289 e. The fraction of sp³-hybridized carbons (Fsp3) is 0.350. The van der Waals surface area contributed by atoms with Gasteiger partial charge in [0.05, 0.1) is 0 Å². The smallest absolute Gasteiger partial charge is 0.283 e. The molecule has 0 aliphatic rings. The number of nitrogens with zero attached hydrogens (tertiary/aromatic N) is 2. The molecule has 0 bridgehead atoms. The van der Waals surface area contributed by atoms with Gasteiger partial charge in [0.25, 0.3) is 16.1 Å². The van der Waals surface area contributed by atoms with Crippen LogP contribution in [-0.2, 0) is 28.1 Å². The lowest BCUT2D eigenvalue weighted by Crippen LogP contribution is -2.54. The molecule has 0 saturated heterocycles. The van der Waals surface area contributed by atoms with Gasteiger partial charge in [0, 0.05) is 20.1 Å². The molecule has 2 aromatic rings. The van der Waals surface area contributed by atoms with E-state index in [1.165, 1.54) is 11.4 Å². The van der Waals surface area contributed by atoms with Gasteiger partial charge in [-0.15, -0.1) is 0 Å². The molecule has 2 aromatic carbocycles. The summed E-state index contributed by atoms with van der Waals surface area (Å²) >= 11 is 0. The molecule has 0 spiro atoms. The maximum absolute atomic E-state index is 13.4. The predicted octanol–water partition coefficient (Wildman–Crippen LogP) is 2.40. The third-order valence-electron chi connectivity index (χ3n) is 4.44. The number of benzene rings is 2. The Morgan fingerprint density at radius 2 is 1.43 bits per heavy atom. The number of carbonyl (C=O) groups excluding carboxylic acids is 1. The number of nitrogens with one attached hydrogen (secondary N) is 1. The second-order valence-electron chi connectivity index (χ2n) is 6.95. The van der Waals surface area contributed by atoms with Gasteiger partial charge in [0.2, 0.25) is 0 Å². The van der Waals surface area contributed by atoms with E-state index < -0.39 is 22.2 Å². The minimum atomic E-state index is -4.00. The van der Waals surface area contributed by atoms with Crippen molar-refractivity contribution in [3.05, 3.63) is 71.8 Å². The lowest BCUT2D eigenvalue weighted by atomic mass is 10.0. The molecule has 1 unspecified atom stereocenters. The van der Waals surface area contributed by atoms with Crippen molar-refractivity contribution in [3.8, 4) is 0 Å². The molecule has 2 rings (SSSR count). The first kappa shape index (κ1) is 22.0. The van der Waals surface area contributed by atoms with Gasteiger partial charge in [-0.05, 0) is 17.0 Å². The van der Waals surface area contributed by atoms with E-state index in [-0.39, 0.29) is 19.0 Å². The molecule has 1 atom stereocenters. The summed E-state index contributed by atoms with van der Waals surface area (Å²) in [6.07, 6.45) is 0. The van der Waals surface area contributed by atoms with Crippen LogP contribution in [0.4, 0.5) is 0 Å². The quantitative estimate of drug-likeness (QED) is 0.495. The van der Waals surface area contributed by atoms with Crippen LogP contribution in [-0.4, -0.2) is 41.2 Å². The van der Waals surface area contributed by atoms with Crippen LogP contribution in [0.1, 0.15) is 25.0 Å². The van der Waals surface area contributed by atoms with Crippen molar-refractivity contribution < 1.29 is 18.4 Å². The Morgan fingerprint density at radius 3 is 1.86 bits per heavy atom. The van der Waals surface area contributed by atoms with E-state index in [4.69, 9.17) is 0 Å². The van der Waals surface area contributed by atoms with E-state index in [0.717, 1.165) is 15.4 Å². The molecule has 1 amide bonds. The van der Waals surface area contributed by atoms with E-state index in [1.54, 1.807) is 31.5 Å². The summed E-state index contributed by atoms with van der Waals surface area (Å²) in [6.45, 7) is 3.66. The van der Waals surface area contributed by atoms with Crippen LogP contribution in [0.5, 0.6) is 0 Å². The monoisotopic (exact) mass is 405 g/mol.